The van der Waals surface area contributed by atoms with Crippen LogP contribution < -0.4 is 10.6 Å². The van der Waals surface area contributed by atoms with E-state index in [1.54, 1.807) is 7.11 Å². The molecule has 0 aliphatic rings. The van der Waals surface area contributed by atoms with Crippen LogP contribution in [0.2, 0.25) is 0 Å². The van der Waals surface area contributed by atoms with Crippen LogP contribution in [0.1, 0.15) is 39.1 Å². The van der Waals surface area contributed by atoms with Gasteiger partial charge < -0.3 is 20.5 Å². The summed E-state index contributed by atoms with van der Waals surface area (Å²) in [4.78, 5) is 9.21. The van der Waals surface area contributed by atoms with Gasteiger partial charge in [0.1, 0.15) is 17.5 Å². The van der Waals surface area contributed by atoms with Crippen molar-refractivity contribution < 1.29 is 9.84 Å². The van der Waals surface area contributed by atoms with E-state index < -0.39 is 6.10 Å². The number of ether oxygens (including phenoxy) is 1. The minimum absolute atomic E-state index is 0.139. The molecule has 1 atom stereocenters. The number of hydrogen-bond donors (Lipinski definition) is 3. The van der Waals surface area contributed by atoms with Crippen LogP contribution in [0.15, 0.2) is 0 Å². The zero-order valence-electron chi connectivity index (χ0n) is 13.9. The van der Waals surface area contributed by atoms with E-state index >= 15 is 0 Å². The number of nitrogens with one attached hydrogen (secondary N) is 2. The lowest BCUT2D eigenvalue weighted by Gasteiger charge is -2.21. The van der Waals surface area contributed by atoms with Gasteiger partial charge >= 0.3 is 0 Å². The van der Waals surface area contributed by atoms with Gasteiger partial charge in [-0.3, -0.25) is 0 Å². The normalized spacial score (nSPS) is 13.1. The van der Waals surface area contributed by atoms with E-state index in [0.29, 0.717) is 13.2 Å². The Morgan fingerprint density at radius 1 is 1.19 bits per heavy atom. The van der Waals surface area contributed by atoms with Gasteiger partial charge in [-0.05, 0) is 13.8 Å². The molecule has 1 heterocycles. The smallest absolute Gasteiger partial charge is 0.138 e. The molecular weight excluding hydrogens is 268 g/mol. The van der Waals surface area contributed by atoms with Crippen LogP contribution in [0.5, 0.6) is 0 Å². The first-order valence-electron chi connectivity index (χ1n) is 7.33. The summed E-state index contributed by atoms with van der Waals surface area (Å²) < 4.78 is 4.93. The maximum absolute atomic E-state index is 9.76. The van der Waals surface area contributed by atoms with Gasteiger partial charge in [-0.2, -0.15) is 0 Å². The molecule has 3 N–H and O–H groups in total. The van der Waals surface area contributed by atoms with E-state index in [-0.39, 0.29) is 5.41 Å². The largest absolute Gasteiger partial charge is 0.389 e. The van der Waals surface area contributed by atoms with Gasteiger partial charge in [0, 0.05) is 31.2 Å². The van der Waals surface area contributed by atoms with Gasteiger partial charge in [0.25, 0.3) is 0 Å². The number of aromatic nitrogens is 2. The molecule has 0 fully saturated rings. The Labute approximate surface area is 127 Å². The molecule has 6 nitrogen and oxygen atoms in total. The molecule has 1 unspecified atom stereocenters. The standard InChI is InChI=1S/C15H28N4O2/c1-7-16-12-10(2)13(17-8-11(20)9-21-6)19-14(18-12)15(3,4)5/h11,20H,7-9H2,1-6H3,(H2,16,17,18,19). The molecule has 0 aliphatic heterocycles. The van der Waals surface area contributed by atoms with E-state index in [9.17, 15) is 5.11 Å². The maximum atomic E-state index is 9.76. The van der Waals surface area contributed by atoms with Crippen molar-refractivity contribution in [1.29, 1.82) is 0 Å². The molecule has 6 heteroatoms. The van der Waals surface area contributed by atoms with Crippen molar-refractivity contribution in [3.8, 4) is 0 Å². The van der Waals surface area contributed by atoms with Crippen LogP contribution in [0.4, 0.5) is 11.6 Å². The molecule has 1 aromatic heterocycles. The average Bonchev–Trinajstić information content (AvgIpc) is 2.39. The number of aliphatic hydroxyl groups excluding tert-OH is 1. The van der Waals surface area contributed by atoms with Crippen LogP contribution in [0.25, 0.3) is 0 Å². The molecule has 0 aliphatic carbocycles. The Morgan fingerprint density at radius 3 is 2.24 bits per heavy atom. The van der Waals surface area contributed by atoms with Gasteiger partial charge in [0.2, 0.25) is 0 Å². The van der Waals surface area contributed by atoms with Gasteiger partial charge in [-0.25, -0.2) is 9.97 Å². The number of hydrogen-bond acceptors (Lipinski definition) is 6. The number of nitrogens with zero attached hydrogens (tertiary/aromatic N) is 2. The first-order chi connectivity index (χ1) is 9.79. The lowest BCUT2D eigenvalue weighted by Crippen LogP contribution is -2.26. The highest BCUT2D eigenvalue weighted by atomic mass is 16.5. The Bertz CT molecular complexity index is 458. The van der Waals surface area contributed by atoms with E-state index in [0.717, 1.165) is 29.6 Å². The van der Waals surface area contributed by atoms with Crippen LogP contribution in [-0.2, 0) is 10.2 Å². The molecule has 1 rings (SSSR count). The topological polar surface area (TPSA) is 79.3 Å². The third kappa shape index (κ3) is 5.13. The number of aliphatic hydroxyl groups is 1. The Hall–Kier alpha value is -1.40. The van der Waals surface area contributed by atoms with E-state index in [2.05, 4.69) is 41.4 Å². The molecular formula is C15H28N4O2. The lowest BCUT2D eigenvalue weighted by atomic mass is 9.95. The van der Waals surface area contributed by atoms with Gasteiger partial charge in [0.15, 0.2) is 0 Å². The summed E-state index contributed by atoms with van der Waals surface area (Å²) in [5.74, 6) is 2.36. The third-order valence-electron chi connectivity index (χ3n) is 3.03. The minimum atomic E-state index is -0.565. The van der Waals surface area contributed by atoms with Gasteiger partial charge in [-0.1, -0.05) is 20.8 Å². The molecule has 0 aromatic carbocycles. The zero-order chi connectivity index (χ0) is 16.0. The SMILES string of the molecule is CCNc1nc(C(C)(C)C)nc(NCC(O)COC)c1C. The molecule has 21 heavy (non-hydrogen) atoms. The highest BCUT2D eigenvalue weighted by Gasteiger charge is 2.21. The quantitative estimate of drug-likeness (QED) is 0.713. The maximum Gasteiger partial charge on any atom is 0.138 e. The fourth-order valence-corrected chi connectivity index (χ4v) is 1.83. The summed E-state index contributed by atoms with van der Waals surface area (Å²) >= 11 is 0. The van der Waals surface area contributed by atoms with Crippen molar-refractivity contribution >= 4 is 11.6 Å². The fourth-order valence-electron chi connectivity index (χ4n) is 1.83. The summed E-state index contributed by atoms with van der Waals surface area (Å²) in [7, 11) is 1.57. The van der Waals surface area contributed by atoms with Crippen molar-refractivity contribution in [2.75, 3.05) is 37.4 Å². The second-order valence-electron chi connectivity index (χ2n) is 6.14. The van der Waals surface area contributed by atoms with Crippen molar-refractivity contribution in [2.45, 2.75) is 46.1 Å². The van der Waals surface area contributed by atoms with E-state index in [1.807, 2.05) is 13.8 Å². The molecule has 120 valence electrons. The van der Waals surface area contributed by atoms with Crippen LogP contribution >= 0.6 is 0 Å². The number of methoxy groups -OCH3 is 1. The summed E-state index contributed by atoms with van der Waals surface area (Å²) in [6.07, 6.45) is -0.565. The zero-order valence-corrected chi connectivity index (χ0v) is 13.9. The van der Waals surface area contributed by atoms with Crippen LogP contribution in [0, 0.1) is 6.92 Å². The first-order valence-corrected chi connectivity index (χ1v) is 7.33. The summed E-state index contributed by atoms with van der Waals surface area (Å²) in [5, 5.41) is 16.2. The predicted molar refractivity (Wildman–Crippen MR) is 86.0 cm³/mol. The van der Waals surface area contributed by atoms with Crippen LogP contribution in [-0.4, -0.2) is 48.0 Å². The molecule has 0 bridgehead atoms. The van der Waals surface area contributed by atoms with E-state index in [1.165, 1.54) is 0 Å². The number of rotatable bonds is 7. The monoisotopic (exact) mass is 296 g/mol. The molecule has 0 spiro atoms. The fraction of sp³-hybridized carbons (Fsp3) is 0.733. The highest BCUT2D eigenvalue weighted by Crippen LogP contribution is 2.26. The van der Waals surface area contributed by atoms with Crippen LogP contribution in [0.3, 0.4) is 0 Å². The van der Waals surface area contributed by atoms with Gasteiger partial charge in [0.05, 0.1) is 12.7 Å². The predicted octanol–water partition coefficient (Wildman–Crippen LogP) is 1.93. The van der Waals surface area contributed by atoms with Crippen molar-refractivity contribution in [2.24, 2.45) is 0 Å². The lowest BCUT2D eigenvalue weighted by molar-refractivity contribution is 0.0727. The first kappa shape index (κ1) is 17.7. The Balaban J connectivity index is 3.02. The Morgan fingerprint density at radius 2 is 1.76 bits per heavy atom. The summed E-state index contributed by atoms with van der Waals surface area (Å²) in [5.41, 5.74) is 0.814. The second kappa shape index (κ2) is 7.56. The van der Waals surface area contributed by atoms with Gasteiger partial charge in [-0.15, -0.1) is 0 Å². The van der Waals surface area contributed by atoms with Crippen molar-refractivity contribution in [1.82, 2.24) is 9.97 Å². The number of anilines is 2. The van der Waals surface area contributed by atoms with E-state index in [4.69, 9.17) is 4.74 Å². The second-order valence-corrected chi connectivity index (χ2v) is 6.14. The third-order valence-corrected chi connectivity index (χ3v) is 3.03. The van der Waals surface area contributed by atoms with Crippen molar-refractivity contribution in [3.63, 3.8) is 0 Å². The summed E-state index contributed by atoms with van der Waals surface area (Å²) in [6.45, 7) is 11.7. The average molecular weight is 296 g/mol. The van der Waals surface area contributed by atoms with Crippen molar-refractivity contribution in [3.05, 3.63) is 11.4 Å². The molecule has 0 saturated heterocycles. The molecule has 0 saturated carbocycles. The molecule has 0 amide bonds. The summed E-state index contributed by atoms with van der Waals surface area (Å²) in [6, 6.07) is 0. The molecule has 1 aromatic rings. The minimum Gasteiger partial charge on any atom is -0.389 e. The Kier molecular flexibility index (Phi) is 6.36. The highest BCUT2D eigenvalue weighted by molar-refractivity contribution is 5.57. The molecule has 0 radical (unpaired) electrons.